The predicted molar refractivity (Wildman–Crippen MR) is 143 cm³/mol. The molecule has 0 aliphatic heterocycles. The molecule has 0 bridgehead atoms. The lowest BCUT2D eigenvalue weighted by Crippen LogP contribution is -2.12. The summed E-state index contributed by atoms with van der Waals surface area (Å²) in [4.78, 5) is 9.80. The average Bonchev–Trinajstić information content (AvgIpc) is 3.21. The van der Waals surface area contributed by atoms with Crippen LogP contribution in [0.5, 0.6) is 0 Å². The summed E-state index contributed by atoms with van der Waals surface area (Å²) in [6, 6.07) is 24.1. The Morgan fingerprint density at radius 3 is 2.15 bits per heavy atom. The third-order valence-corrected chi connectivity index (χ3v) is 7.37. The maximum Gasteiger partial charge on any atom is 0.124 e. The minimum atomic E-state index is 0.0389. The standard InChI is InChI=1S/C30H30N2S/c1-29(2,3)22-13-11-19(12-14-22)28-32-25-15-16-31-26(27(25)33-28)21-17-20-9-7-8-10-23(20)24(18-21)30(4,5)6/h7-18H,1-6H3. The van der Waals surface area contributed by atoms with Crippen molar-refractivity contribution in [2.24, 2.45) is 0 Å². The summed E-state index contributed by atoms with van der Waals surface area (Å²) in [6.45, 7) is 13.6. The Balaban J connectivity index is 1.66. The van der Waals surface area contributed by atoms with Gasteiger partial charge in [-0.25, -0.2) is 4.98 Å². The first-order chi connectivity index (χ1) is 15.6. The number of fused-ring (bicyclic) bond motifs is 2. The molecule has 2 nitrogen and oxygen atoms in total. The summed E-state index contributed by atoms with van der Waals surface area (Å²) >= 11 is 1.73. The van der Waals surface area contributed by atoms with E-state index in [-0.39, 0.29) is 10.8 Å². The Bertz CT molecular complexity index is 1460. The van der Waals surface area contributed by atoms with Gasteiger partial charge in [0, 0.05) is 17.3 Å². The van der Waals surface area contributed by atoms with Crippen molar-refractivity contribution >= 4 is 32.3 Å². The highest BCUT2D eigenvalue weighted by atomic mass is 32.1. The fourth-order valence-corrected chi connectivity index (χ4v) is 5.44. The molecule has 0 aliphatic rings. The van der Waals surface area contributed by atoms with Crippen LogP contribution in [0.2, 0.25) is 0 Å². The van der Waals surface area contributed by atoms with E-state index in [9.17, 15) is 0 Å². The molecule has 33 heavy (non-hydrogen) atoms. The molecule has 0 amide bonds. The Hall–Kier alpha value is -3.04. The van der Waals surface area contributed by atoms with Gasteiger partial charge in [-0.15, -0.1) is 11.3 Å². The first-order valence-corrected chi connectivity index (χ1v) is 12.3. The van der Waals surface area contributed by atoms with Crippen molar-refractivity contribution < 1.29 is 0 Å². The van der Waals surface area contributed by atoms with Crippen molar-refractivity contribution in [2.75, 3.05) is 0 Å². The average molecular weight is 451 g/mol. The fraction of sp³-hybridized carbons (Fsp3) is 0.267. The van der Waals surface area contributed by atoms with Crippen LogP contribution in [0.15, 0.2) is 72.9 Å². The fourth-order valence-electron chi connectivity index (χ4n) is 4.37. The molecule has 3 aromatic carbocycles. The summed E-state index contributed by atoms with van der Waals surface area (Å²) < 4.78 is 1.14. The highest BCUT2D eigenvalue weighted by molar-refractivity contribution is 7.22. The minimum absolute atomic E-state index is 0.0389. The third-order valence-electron chi connectivity index (χ3n) is 6.25. The summed E-state index contributed by atoms with van der Waals surface area (Å²) in [5, 5.41) is 3.60. The van der Waals surface area contributed by atoms with Crippen LogP contribution in [0.3, 0.4) is 0 Å². The predicted octanol–water partition coefficient (Wildman–Crippen LogP) is 8.77. The van der Waals surface area contributed by atoms with E-state index in [0.717, 1.165) is 32.0 Å². The summed E-state index contributed by atoms with van der Waals surface area (Å²) in [5.74, 6) is 0. The molecule has 2 heterocycles. The number of benzene rings is 3. The Morgan fingerprint density at radius 2 is 1.45 bits per heavy atom. The molecule has 2 aromatic heterocycles. The van der Waals surface area contributed by atoms with E-state index in [0.29, 0.717) is 0 Å². The first-order valence-electron chi connectivity index (χ1n) is 11.5. The maximum atomic E-state index is 4.97. The lowest BCUT2D eigenvalue weighted by Gasteiger charge is -2.22. The normalized spacial score (nSPS) is 12.5. The van der Waals surface area contributed by atoms with Crippen molar-refractivity contribution in [3.8, 4) is 21.8 Å². The molecule has 0 saturated carbocycles. The second-order valence-electron chi connectivity index (χ2n) is 10.8. The van der Waals surface area contributed by atoms with Gasteiger partial charge in [-0.05, 0) is 50.9 Å². The third kappa shape index (κ3) is 4.06. The quantitative estimate of drug-likeness (QED) is 0.268. The number of aromatic nitrogens is 2. The Labute approximate surface area is 200 Å². The smallest absolute Gasteiger partial charge is 0.124 e. The van der Waals surface area contributed by atoms with Crippen molar-refractivity contribution in [3.63, 3.8) is 0 Å². The van der Waals surface area contributed by atoms with Crippen LogP contribution in [0.1, 0.15) is 52.7 Å². The molecule has 5 aromatic rings. The lowest BCUT2D eigenvalue weighted by molar-refractivity contribution is 0.590. The van der Waals surface area contributed by atoms with Crippen molar-refractivity contribution in [1.82, 2.24) is 9.97 Å². The van der Waals surface area contributed by atoms with Crippen molar-refractivity contribution in [1.29, 1.82) is 0 Å². The van der Waals surface area contributed by atoms with Crippen LogP contribution in [-0.4, -0.2) is 9.97 Å². The number of hydrogen-bond donors (Lipinski definition) is 0. The zero-order valence-corrected chi connectivity index (χ0v) is 21.0. The summed E-state index contributed by atoms with van der Waals surface area (Å²) in [5.41, 5.74) is 7.19. The highest BCUT2D eigenvalue weighted by Gasteiger charge is 2.20. The van der Waals surface area contributed by atoms with E-state index in [4.69, 9.17) is 9.97 Å². The second-order valence-corrected chi connectivity index (χ2v) is 11.8. The van der Waals surface area contributed by atoms with Crippen LogP contribution >= 0.6 is 11.3 Å². The zero-order chi connectivity index (χ0) is 23.4. The molecular weight excluding hydrogens is 420 g/mol. The largest absolute Gasteiger partial charge is 0.255 e. The zero-order valence-electron chi connectivity index (χ0n) is 20.2. The van der Waals surface area contributed by atoms with E-state index >= 15 is 0 Å². The summed E-state index contributed by atoms with van der Waals surface area (Å²) in [7, 11) is 0. The number of pyridine rings is 1. The van der Waals surface area contributed by atoms with Gasteiger partial charge in [-0.1, -0.05) is 90.1 Å². The van der Waals surface area contributed by atoms with Crippen LogP contribution in [-0.2, 0) is 10.8 Å². The lowest BCUT2D eigenvalue weighted by atomic mass is 9.82. The maximum absolute atomic E-state index is 4.97. The minimum Gasteiger partial charge on any atom is -0.255 e. The van der Waals surface area contributed by atoms with E-state index in [2.05, 4.69) is 102 Å². The van der Waals surface area contributed by atoms with Gasteiger partial charge in [0.05, 0.1) is 15.9 Å². The molecule has 0 saturated heterocycles. The van der Waals surface area contributed by atoms with Gasteiger partial charge < -0.3 is 0 Å². The number of rotatable bonds is 2. The Kier molecular flexibility index (Phi) is 5.13. The number of thiazole rings is 1. The van der Waals surface area contributed by atoms with Gasteiger partial charge in [0.1, 0.15) is 5.01 Å². The SMILES string of the molecule is CC(C)(C)c1ccc(-c2nc3ccnc(-c4cc(C(C)(C)C)c5ccccc5c4)c3s2)cc1. The molecule has 166 valence electrons. The first kappa shape index (κ1) is 21.8. The van der Waals surface area contributed by atoms with Crippen molar-refractivity contribution in [3.05, 3.63) is 84.1 Å². The van der Waals surface area contributed by atoms with Crippen molar-refractivity contribution in [2.45, 2.75) is 52.4 Å². The van der Waals surface area contributed by atoms with Gasteiger partial charge in [-0.2, -0.15) is 0 Å². The van der Waals surface area contributed by atoms with Crippen LogP contribution in [0.25, 0.3) is 42.8 Å². The molecule has 0 fully saturated rings. The van der Waals surface area contributed by atoms with Gasteiger partial charge in [0.25, 0.3) is 0 Å². The monoisotopic (exact) mass is 450 g/mol. The Morgan fingerprint density at radius 1 is 0.727 bits per heavy atom. The van der Waals surface area contributed by atoms with Crippen LogP contribution in [0, 0.1) is 0 Å². The number of hydrogen-bond acceptors (Lipinski definition) is 3. The highest BCUT2D eigenvalue weighted by Crippen LogP contribution is 2.39. The molecule has 3 heteroatoms. The van der Waals surface area contributed by atoms with Crippen LogP contribution in [0.4, 0.5) is 0 Å². The molecule has 0 spiro atoms. The van der Waals surface area contributed by atoms with Gasteiger partial charge in [0.2, 0.25) is 0 Å². The van der Waals surface area contributed by atoms with Gasteiger partial charge in [-0.3, -0.25) is 4.98 Å². The topological polar surface area (TPSA) is 25.8 Å². The molecule has 0 N–H and O–H groups in total. The molecule has 0 atom stereocenters. The van der Waals surface area contributed by atoms with Gasteiger partial charge in [0.15, 0.2) is 0 Å². The van der Waals surface area contributed by atoms with Gasteiger partial charge >= 0.3 is 0 Å². The van der Waals surface area contributed by atoms with Crippen LogP contribution < -0.4 is 0 Å². The van der Waals surface area contributed by atoms with E-state index in [1.807, 2.05) is 12.3 Å². The number of nitrogens with zero attached hydrogens (tertiary/aromatic N) is 2. The van der Waals surface area contributed by atoms with E-state index in [1.165, 1.54) is 21.9 Å². The molecule has 0 unspecified atom stereocenters. The van der Waals surface area contributed by atoms with E-state index in [1.54, 1.807) is 11.3 Å². The molecule has 5 rings (SSSR count). The molecule has 0 radical (unpaired) electrons. The molecular formula is C30H30N2S. The van der Waals surface area contributed by atoms with E-state index < -0.39 is 0 Å². The summed E-state index contributed by atoms with van der Waals surface area (Å²) in [6.07, 6.45) is 1.88. The molecule has 0 aliphatic carbocycles. The second kappa shape index (κ2) is 7.78.